The Labute approximate surface area is 117 Å². The summed E-state index contributed by atoms with van der Waals surface area (Å²) in [7, 11) is 1.50. The smallest absolute Gasteiger partial charge is 0.292 e. The Kier molecular flexibility index (Phi) is 5.92. The molecule has 0 saturated carbocycles. The van der Waals surface area contributed by atoms with Gasteiger partial charge in [-0.1, -0.05) is 0 Å². The lowest BCUT2D eigenvalue weighted by atomic mass is 10.1. The van der Waals surface area contributed by atoms with Gasteiger partial charge in [-0.3, -0.25) is 14.9 Å². The summed E-state index contributed by atoms with van der Waals surface area (Å²) in [6.45, 7) is 1.94. The van der Waals surface area contributed by atoms with Gasteiger partial charge in [0.1, 0.15) is 5.69 Å². The van der Waals surface area contributed by atoms with Crippen LogP contribution >= 0.6 is 0 Å². The molecule has 1 atom stereocenters. The average molecular weight is 281 g/mol. The predicted octanol–water partition coefficient (Wildman–Crippen LogP) is 1.53. The quantitative estimate of drug-likeness (QED) is 0.519. The van der Waals surface area contributed by atoms with Gasteiger partial charge in [-0.25, -0.2) is 0 Å². The van der Waals surface area contributed by atoms with Gasteiger partial charge in [0.25, 0.3) is 11.6 Å². The van der Waals surface area contributed by atoms with Gasteiger partial charge in [0.15, 0.2) is 0 Å². The molecule has 20 heavy (non-hydrogen) atoms. The molecule has 3 N–H and O–H groups in total. The largest absolute Gasteiger partial charge is 0.396 e. The fraction of sp³-hybridized carbons (Fsp3) is 0.462. The Balaban J connectivity index is 2.99. The zero-order chi connectivity index (χ0) is 15.1. The Morgan fingerprint density at radius 2 is 2.20 bits per heavy atom. The zero-order valence-electron chi connectivity index (χ0n) is 11.5. The number of amides is 1. The van der Waals surface area contributed by atoms with Crippen molar-refractivity contribution in [2.24, 2.45) is 0 Å². The van der Waals surface area contributed by atoms with Crippen LogP contribution in [0, 0.1) is 10.1 Å². The van der Waals surface area contributed by atoms with Crippen molar-refractivity contribution in [3.8, 4) is 0 Å². The van der Waals surface area contributed by atoms with Crippen molar-refractivity contribution < 1.29 is 14.8 Å². The van der Waals surface area contributed by atoms with Gasteiger partial charge in [-0.2, -0.15) is 0 Å². The lowest BCUT2D eigenvalue weighted by molar-refractivity contribution is -0.384. The third-order valence-electron chi connectivity index (χ3n) is 2.88. The third-order valence-corrected chi connectivity index (χ3v) is 2.88. The molecule has 7 nitrogen and oxygen atoms in total. The second kappa shape index (κ2) is 7.44. The molecule has 110 valence electrons. The highest BCUT2D eigenvalue weighted by Crippen LogP contribution is 2.26. The number of benzene rings is 1. The first-order valence-corrected chi connectivity index (χ1v) is 6.37. The van der Waals surface area contributed by atoms with E-state index in [1.165, 1.54) is 25.2 Å². The van der Waals surface area contributed by atoms with Crippen molar-refractivity contribution in [2.45, 2.75) is 25.8 Å². The van der Waals surface area contributed by atoms with Crippen molar-refractivity contribution in [1.82, 2.24) is 5.32 Å². The third kappa shape index (κ3) is 4.20. The first-order chi connectivity index (χ1) is 9.49. The van der Waals surface area contributed by atoms with Gasteiger partial charge in [0.2, 0.25) is 0 Å². The van der Waals surface area contributed by atoms with Crippen LogP contribution in [-0.4, -0.2) is 35.6 Å². The van der Waals surface area contributed by atoms with Crippen LogP contribution in [0.2, 0.25) is 0 Å². The van der Waals surface area contributed by atoms with Crippen molar-refractivity contribution in [1.29, 1.82) is 0 Å². The van der Waals surface area contributed by atoms with Gasteiger partial charge in [0.05, 0.1) is 4.92 Å². The van der Waals surface area contributed by atoms with E-state index in [0.717, 1.165) is 0 Å². The minimum atomic E-state index is -0.491. The van der Waals surface area contributed by atoms with E-state index in [4.69, 9.17) is 5.11 Å². The van der Waals surface area contributed by atoms with E-state index in [9.17, 15) is 14.9 Å². The maximum atomic E-state index is 11.6. The molecule has 1 rings (SSSR count). The van der Waals surface area contributed by atoms with Gasteiger partial charge in [0, 0.05) is 31.3 Å². The molecule has 0 aliphatic rings. The molecule has 0 radical (unpaired) electrons. The van der Waals surface area contributed by atoms with E-state index in [1.807, 2.05) is 6.92 Å². The molecule has 0 spiro atoms. The standard InChI is InChI=1S/C13H19N3O4/c1-9(4-3-7-17)15-11-8-10(13(18)14-2)5-6-12(11)16(19)20/h5-6,8-9,15,17H,3-4,7H2,1-2H3,(H,14,18). The first-order valence-electron chi connectivity index (χ1n) is 6.37. The van der Waals surface area contributed by atoms with Crippen molar-refractivity contribution in [3.05, 3.63) is 33.9 Å². The molecule has 7 heteroatoms. The summed E-state index contributed by atoms with van der Waals surface area (Å²) in [5.41, 5.74) is 0.588. The van der Waals surface area contributed by atoms with E-state index in [0.29, 0.717) is 24.1 Å². The molecule has 0 aliphatic carbocycles. The van der Waals surface area contributed by atoms with Crippen LogP contribution in [-0.2, 0) is 0 Å². The SMILES string of the molecule is CNC(=O)c1ccc([N+](=O)[O-])c(NC(C)CCCO)c1. The number of aliphatic hydroxyl groups is 1. The maximum Gasteiger partial charge on any atom is 0.292 e. The van der Waals surface area contributed by atoms with Crippen molar-refractivity contribution in [3.63, 3.8) is 0 Å². The van der Waals surface area contributed by atoms with Crippen LogP contribution < -0.4 is 10.6 Å². The van der Waals surface area contributed by atoms with E-state index < -0.39 is 4.92 Å². The summed E-state index contributed by atoms with van der Waals surface area (Å²) in [5, 5.41) is 25.3. The van der Waals surface area contributed by atoms with Crippen molar-refractivity contribution in [2.75, 3.05) is 19.0 Å². The Bertz CT molecular complexity index is 491. The molecule has 1 aromatic rings. The number of rotatable bonds is 7. The number of anilines is 1. The average Bonchev–Trinajstić information content (AvgIpc) is 2.43. The van der Waals surface area contributed by atoms with E-state index >= 15 is 0 Å². The zero-order valence-corrected chi connectivity index (χ0v) is 11.5. The first kappa shape index (κ1) is 15.9. The number of aliphatic hydroxyl groups excluding tert-OH is 1. The molecule has 1 unspecified atom stereocenters. The summed E-state index contributed by atoms with van der Waals surface area (Å²) in [4.78, 5) is 22.1. The molecule has 1 aromatic carbocycles. The fourth-order valence-electron chi connectivity index (χ4n) is 1.83. The van der Waals surface area contributed by atoms with E-state index in [2.05, 4.69) is 10.6 Å². The fourth-order valence-corrected chi connectivity index (χ4v) is 1.83. The van der Waals surface area contributed by atoms with E-state index in [1.54, 1.807) is 0 Å². The Morgan fingerprint density at radius 3 is 2.75 bits per heavy atom. The molecular formula is C13H19N3O4. The Hall–Kier alpha value is -2.15. The van der Waals surface area contributed by atoms with Crippen LogP contribution in [0.15, 0.2) is 18.2 Å². The minimum absolute atomic E-state index is 0.0409. The van der Waals surface area contributed by atoms with E-state index in [-0.39, 0.29) is 24.2 Å². The van der Waals surface area contributed by atoms with Crippen LogP contribution in [0.25, 0.3) is 0 Å². The number of hydrogen-bond acceptors (Lipinski definition) is 5. The molecule has 0 heterocycles. The van der Waals surface area contributed by atoms with Gasteiger partial charge < -0.3 is 15.7 Å². The highest BCUT2D eigenvalue weighted by molar-refractivity contribution is 5.95. The molecule has 0 fully saturated rings. The number of nitrogens with one attached hydrogen (secondary N) is 2. The highest BCUT2D eigenvalue weighted by atomic mass is 16.6. The van der Waals surface area contributed by atoms with Gasteiger partial charge in [-0.05, 0) is 31.9 Å². The monoisotopic (exact) mass is 281 g/mol. The number of hydrogen-bond donors (Lipinski definition) is 3. The number of carbonyl (C=O) groups excluding carboxylic acids is 1. The number of nitro benzene ring substituents is 1. The summed E-state index contributed by atoms with van der Waals surface area (Å²) < 4.78 is 0. The van der Waals surface area contributed by atoms with Gasteiger partial charge in [-0.15, -0.1) is 0 Å². The molecule has 0 bridgehead atoms. The maximum absolute atomic E-state index is 11.6. The second-order valence-electron chi connectivity index (χ2n) is 4.48. The molecule has 0 aromatic heterocycles. The molecule has 1 amide bonds. The summed E-state index contributed by atoms with van der Waals surface area (Å²) in [5.74, 6) is -0.300. The van der Waals surface area contributed by atoms with Crippen LogP contribution in [0.4, 0.5) is 11.4 Å². The minimum Gasteiger partial charge on any atom is -0.396 e. The van der Waals surface area contributed by atoms with Crippen LogP contribution in [0.5, 0.6) is 0 Å². The molecular weight excluding hydrogens is 262 g/mol. The number of carbonyl (C=O) groups is 1. The summed E-state index contributed by atoms with van der Waals surface area (Å²) in [6, 6.07) is 4.15. The second-order valence-corrected chi connectivity index (χ2v) is 4.48. The predicted molar refractivity (Wildman–Crippen MR) is 75.9 cm³/mol. The highest BCUT2D eigenvalue weighted by Gasteiger charge is 2.17. The van der Waals surface area contributed by atoms with Crippen LogP contribution in [0.3, 0.4) is 0 Å². The lowest BCUT2D eigenvalue weighted by Gasteiger charge is -2.15. The van der Waals surface area contributed by atoms with Gasteiger partial charge >= 0.3 is 0 Å². The lowest BCUT2D eigenvalue weighted by Crippen LogP contribution is -2.20. The molecule has 0 saturated heterocycles. The topological polar surface area (TPSA) is 104 Å². The summed E-state index contributed by atoms with van der Waals surface area (Å²) in [6.07, 6.45) is 1.29. The van der Waals surface area contributed by atoms with Crippen molar-refractivity contribution >= 4 is 17.3 Å². The Morgan fingerprint density at radius 1 is 1.50 bits per heavy atom. The summed E-state index contributed by atoms with van der Waals surface area (Å²) >= 11 is 0. The molecule has 0 aliphatic heterocycles. The van der Waals surface area contributed by atoms with Crippen LogP contribution in [0.1, 0.15) is 30.1 Å². The number of nitrogens with zero attached hydrogens (tertiary/aromatic N) is 1. The normalized spacial score (nSPS) is 11.8. The number of nitro groups is 1.